The summed E-state index contributed by atoms with van der Waals surface area (Å²) < 4.78 is 6.05. The van der Waals surface area contributed by atoms with E-state index in [1.165, 1.54) is 16.7 Å². The molecule has 192 valence electrons. The van der Waals surface area contributed by atoms with Crippen molar-refractivity contribution in [3.05, 3.63) is 119 Å². The van der Waals surface area contributed by atoms with Gasteiger partial charge in [-0.3, -0.25) is 9.59 Å². The number of hydrogen-bond donors (Lipinski definition) is 1. The molecule has 0 bridgehead atoms. The maximum absolute atomic E-state index is 13.7. The molecule has 3 aromatic rings. The molecule has 3 atom stereocenters. The molecule has 0 saturated carbocycles. The minimum atomic E-state index is -1.05. The van der Waals surface area contributed by atoms with E-state index >= 15 is 0 Å². The summed E-state index contributed by atoms with van der Waals surface area (Å²) in [4.78, 5) is 52.4. The van der Waals surface area contributed by atoms with Gasteiger partial charge in [-0.15, -0.1) is 11.8 Å². The largest absolute Gasteiger partial charge is 0.451 e. The van der Waals surface area contributed by atoms with E-state index in [0.717, 1.165) is 16.7 Å². The lowest BCUT2D eigenvalue weighted by Gasteiger charge is -2.51. The van der Waals surface area contributed by atoms with Crippen LogP contribution in [0.5, 0.6) is 0 Å². The Labute approximate surface area is 224 Å². The third-order valence-electron chi connectivity index (χ3n) is 6.57. The summed E-state index contributed by atoms with van der Waals surface area (Å²) in [5.41, 5.74) is 2.91. The summed E-state index contributed by atoms with van der Waals surface area (Å²) in [6.45, 7) is 0. The first-order valence-corrected chi connectivity index (χ1v) is 13.2. The highest BCUT2D eigenvalue weighted by Crippen LogP contribution is 2.42. The number of carbonyl (C=O) groups is 4. The summed E-state index contributed by atoms with van der Waals surface area (Å²) >= 11 is 1.32. The fourth-order valence-electron chi connectivity index (χ4n) is 4.73. The highest BCUT2D eigenvalue weighted by Gasteiger charge is 2.56. The van der Waals surface area contributed by atoms with Crippen LogP contribution in [0.1, 0.15) is 29.2 Å². The van der Waals surface area contributed by atoms with Gasteiger partial charge in [0.2, 0.25) is 11.8 Å². The number of rotatable bonds is 9. The molecular weight excluding hydrogens is 500 g/mol. The molecule has 3 unspecified atom stereocenters. The lowest BCUT2D eigenvalue weighted by atomic mass is 9.95. The molecule has 0 radical (unpaired) electrons. The van der Waals surface area contributed by atoms with Crippen LogP contribution < -0.4 is 5.32 Å². The van der Waals surface area contributed by atoms with Gasteiger partial charge in [-0.25, -0.2) is 4.79 Å². The number of ether oxygens (including phenoxy) is 1. The molecule has 1 fully saturated rings. The Kier molecular flexibility index (Phi) is 7.70. The van der Waals surface area contributed by atoms with Gasteiger partial charge in [0.15, 0.2) is 12.1 Å². The fraction of sp³-hybridized carbons (Fsp3) is 0.200. The van der Waals surface area contributed by atoms with Crippen LogP contribution >= 0.6 is 11.8 Å². The zero-order valence-electron chi connectivity index (χ0n) is 20.4. The van der Waals surface area contributed by atoms with Gasteiger partial charge in [-0.2, -0.15) is 0 Å². The van der Waals surface area contributed by atoms with Gasteiger partial charge in [-0.05, 0) is 27.7 Å². The Balaban J connectivity index is 1.36. The lowest BCUT2D eigenvalue weighted by molar-refractivity contribution is -0.165. The molecular formula is C30H26N2O5S. The number of amides is 2. The van der Waals surface area contributed by atoms with Crippen molar-refractivity contribution in [2.24, 2.45) is 0 Å². The number of β-lactam (4-membered cyclic amide) rings is 1. The quantitative estimate of drug-likeness (QED) is 0.259. The summed E-state index contributed by atoms with van der Waals surface area (Å²) in [6, 6.07) is 26.2. The van der Waals surface area contributed by atoms with E-state index in [2.05, 4.69) is 5.32 Å². The second-order valence-corrected chi connectivity index (χ2v) is 10.1. The van der Waals surface area contributed by atoms with Gasteiger partial charge in [-0.1, -0.05) is 91.0 Å². The average molecular weight is 527 g/mol. The third-order valence-corrected chi connectivity index (χ3v) is 7.79. The third kappa shape index (κ3) is 5.26. The number of thioether (sulfide) groups is 1. The van der Waals surface area contributed by atoms with E-state index in [-0.39, 0.29) is 24.7 Å². The van der Waals surface area contributed by atoms with Gasteiger partial charge in [0.05, 0.1) is 6.42 Å². The number of hydrogen-bond acceptors (Lipinski definition) is 6. The van der Waals surface area contributed by atoms with Gasteiger partial charge in [0.1, 0.15) is 17.7 Å². The molecule has 38 heavy (non-hydrogen) atoms. The lowest BCUT2D eigenvalue weighted by Crippen LogP contribution is -2.74. The van der Waals surface area contributed by atoms with Crippen molar-refractivity contribution in [2.75, 3.05) is 0 Å². The van der Waals surface area contributed by atoms with Gasteiger partial charge < -0.3 is 19.7 Å². The van der Waals surface area contributed by atoms with E-state index in [1.807, 2.05) is 91.0 Å². The minimum absolute atomic E-state index is 0.00433. The topological polar surface area (TPSA) is 92.8 Å². The van der Waals surface area contributed by atoms with Crippen LogP contribution in [-0.2, 0) is 30.3 Å². The molecule has 0 spiro atoms. The Bertz CT molecular complexity index is 1310. The van der Waals surface area contributed by atoms with Crippen LogP contribution in [-0.4, -0.2) is 46.4 Å². The number of aldehydes is 1. The molecule has 0 aromatic heterocycles. The number of benzene rings is 3. The maximum Gasteiger partial charge on any atom is 0.334 e. The van der Waals surface area contributed by atoms with E-state index in [1.54, 1.807) is 5.41 Å². The predicted molar refractivity (Wildman–Crippen MR) is 144 cm³/mol. The molecule has 8 heteroatoms. The number of esters is 1. The van der Waals surface area contributed by atoms with Crippen molar-refractivity contribution in [3.63, 3.8) is 0 Å². The summed E-state index contributed by atoms with van der Waals surface area (Å²) in [6.07, 6.45) is 0.168. The molecule has 2 heterocycles. The number of nitrogens with one attached hydrogen (secondary N) is 1. The van der Waals surface area contributed by atoms with E-state index in [9.17, 15) is 19.2 Å². The molecule has 3 aromatic carbocycles. The Morgan fingerprint density at radius 3 is 2.08 bits per heavy atom. The molecule has 1 saturated heterocycles. The second-order valence-electron chi connectivity index (χ2n) is 9.08. The summed E-state index contributed by atoms with van der Waals surface area (Å²) in [5.74, 6) is -1.27. The zero-order valence-corrected chi connectivity index (χ0v) is 21.3. The highest BCUT2D eigenvalue weighted by atomic mass is 32.2. The van der Waals surface area contributed by atoms with Crippen molar-refractivity contribution in [1.29, 1.82) is 0 Å². The molecule has 2 aliphatic heterocycles. The first-order valence-electron chi connectivity index (χ1n) is 12.3. The number of carbonyl (C=O) groups excluding carboxylic acids is 4. The summed E-state index contributed by atoms with van der Waals surface area (Å²) in [7, 11) is 0. The molecule has 2 amide bonds. The average Bonchev–Trinajstić information content (AvgIpc) is 2.96. The Morgan fingerprint density at radius 1 is 0.921 bits per heavy atom. The SMILES string of the molecule is O=CCC1=CSC2C(NC(=O)Cc3ccccc3)C(=O)N2C1C(=O)OC(c1ccccc1)c1ccccc1. The normalized spacial score (nSPS) is 20.1. The first-order chi connectivity index (χ1) is 18.6. The van der Waals surface area contributed by atoms with Crippen molar-refractivity contribution >= 4 is 35.8 Å². The smallest absolute Gasteiger partial charge is 0.334 e. The van der Waals surface area contributed by atoms with Crippen molar-refractivity contribution < 1.29 is 23.9 Å². The van der Waals surface area contributed by atoms with Crippen LogP contribution in [0.2, 0.25) is 0 Å². The second kappa shape index (κ2) is 11.5. The summed E-state index contributed by atoms with van der Waals surface area (Å²) in [5, 5.41) is 4.08. The fourth-order valence-corrected chi connectivity index (χ4v) is 5.97. The van der Waals surface area contributed by atoms with Gasteiger partial charge in [0, 0.05) is 6.42 Å². The molecule has 5 rings (SSSR count). The molecule has 2 aliphatic rings. The van der Waals surface area contributed by atoms with Crippen LogP contribution in [0.15, 0.2) is 102 Å². The molecule has 0 aliphatic carbocycles. The highest BCUT2D eigenvalue weighted by molar-refractivity contribution is 8.02. The monoisotopic (exact) mass is 526 g/mol. The maximum atomic E-state index is 13.7. The van der Waals surface area contributed by atoms with E-state index < -0.39 is 29.5 Å². The van der Waals surface area contributed by atoms with Gasteiger partial charge >= 0.3 is 5.97 Å². The minimum Gasteiger partial charge on any atom is -0.451 e. The first kappa shape index (κ1) is 25.5. The molecule has 1 N–H and O–H groups in total. The van der Waals surface area contributed by atoms with Crippen molar-refractivity contribution in [2.45, 2.75) is 36.4 Å². The number of fused-ring (bicyclic) bond motifs is 1. The van der Waals surface area contributed by atoms with Crippen LogP contribution in [0.25, 0.3) is 0 Å². The van der Waals surface area contributed by atoms with Crippen molar-refractivity contribution in [1.82, 2.24) is 10.2 Å². The number of nitrogens with zero attached hydrogens (tertiary/aromatic N) is 1. The Morgan fingerprint density at radius 2 is 1.50 bits per heavy atom. The predicted octanol–water partition coefficient (Wildman–Crippen LogP) is 3.80. The van der Waals surface area contributed by atoms with Crippen LogP contribution in [0.4, 0.5) is 0 Å². The van der Waals surface area contributed by atoms with Crippen molar-refractivity contribution in [3.8, 4) is 0 Å². The Hall–Kier alpha value is -4.17. The van der Waals surface area contributed by atoms with Crippen LogP contribution in [0.3, 0.4) is 0 Å². The molecule has 7 nitrogen and oxygen atoms in total. The van der Waals surface area contributed by atoms with Crippen LogP contribution in [0, 0.1) is 0 Å². The standard InChI is InChI=1S/C30H26N2O5S/c33-17-16-23-19-38-29-25(31-24(34)18-20-10-4-1-5-11-20)28(35)32(29)26(23)30(36)37-27(21-12-6-2-7-13-21)22-14-8-3-9-15-22/h1-15,17,19,25-27,29H,16,18H2,(H,31,34). The van der Waals surface area contributed by atoms with Gasteiger partial charge in [0.25, 0.3) is 0 Å². The van der Waals surface area contributed by atoms with E-state index in [0.29, 0.717) is 11.9 Å². The van der Waals surface area contributed by atoms with E-state index in [4.69, 9.17) is 4.74 Å². The zero-order chi connectivity index (χ0) is 26.5.